The second-order valence-electron chi connectivity index (χ2n) is 5.09. The first-order chi connectivity index (χ1) is 12.2. The van der Waals surface area contributed by atoms with Crippen LogP contribution in [0.4, 0.5) is 0 Å². The minimum atomic E-state index is -3.91. The third kappa shape index (κ3) is 7.97. The van der Waals surface area contributed by atoms with Gasteiger partial charge in [0.2, 0.25) is 0 Å². The Bertz CT molecular complexity index is 709. The van der Waals surface area contributed by atoms with Crippen molar-refractivity contribution < 1.29 is 32.2 Å². The van der Waals surface area contributed by atoms with E-state index in [1.165, 1.54) is 50.1 Å². The Kier molecular flexibility index (Phi) is 8.56. The Morgan fingerprint density at radius 1 is 1.04 bits per heavy atom. The van der Waals surface area contributed by atoms with Crippen molar-refractivity contribution >= 4 is 28.3 Å². The summed E-state index contributed by atoms with van der Waals surface area (Å²) >= 11 is 0. The number of hydrogen-bond donors (Lipinski definition) is 0. The molecule has 0 aromatic heterocycles. The summed E-state index contributed by atoms with van der Waals surface area (Å²) in [7, 11) is -2.43. The average Bonchev–Trinajstić information content (AvgIpc) is 2.58. The van der Waals surface area contributed by atoms with Gasteiger partial charge < -0.3 is 19.1 Å². The molecule has 0 aliphatic heterocycles. The Labute approximate surface area is 152 Å². The topological polar surface area (TPSA) is 112 Å². The smallest absolute Gasteiger partial charge is 0.302 e. The summed E-state index contributed by atoms with van der Waals surface area (Å²) in [6, 6.07) is 5.80. The molecule has 0 amide bonds. The lowest BCUT2D eigenvalue weighted by molar-refractivity contribution is -0.141. The van der Waals surface area contributed by atoms with E-state index in [-0.39, 0.29) is 31.2 Å². The summed E-state index contributed by atoms with van der Waals surface area (Å²) in [5.74, 6) is -0.377. The highest BCUT2D eigenvalue weighted by atomic mass is 32.2. The van der Waals surface area contributed by atoms with Crippen LogP contribution in [0.3, 0.4) is 0 Å². The number of nitrogens with zero attached hydrogens (tertiary/aromatic N) is 2. The van der Waals surface area contributed by atoms with Gasteiger partial charge >= 0.3 is 11.9 Å². The first-order valence-electron chi connectivity index (χ1n) is 7.70. The third-order valence-corrected chi connectivity index (χ3v) is 4.31. The first-order valence-corrected chi connectivity index (χ1v) is 9.14. The van der Waals surface area contributed by atoms with Crippen LogP contribution in [0.2, 0.25) is 0 Å². The molecule has 0 spiro atoms. The molecule has 0 unspecified atom stereocenters. The first kappa shape index (κ1) is 21.4. The molecule has 0 N–H and O–H groups in total. The van der Waals surface area contributed by atoms with Gasteiger partial charge in [0.1, 0.15) is 25.3 Å². The molecule has 0 radical (unpaired) electrons. The third-order valence-electron chi connectivity index (χ3n) is 3.07. The highest BCUT2D eigenvalue weighted by Gasteiger charge is 2.13. The Morgan fingerprint density at radius 2 is 1.54 bits per heavy atom. The molecule has 0 aliphatic rings. The molecular formula is C16H22N2O7S. The van der Waals surface area contributed by atoms with Gasteiger partial charge in [-0.2, -0.15) is 8.42 Å². The van der Waals surface area contributed by atoms with Crippen molar-refractivity contribution in [2.45, 2.75) is 18.7 Å². The lowest BCUT2D eigenvalue weighted by atomic mass is 10.3. The number of carbonyl (C=O) groups excluding carboxylic acids is 2. The van der Waals surface area contributed by atoms with Crippen molar-refractivity contribution in [3.05, 3.63) is 24.3 Å². The fourth-order valence-corrected chi connectivity index (χ4v) is 2.64. The number of rotatable bonds is 10. The summed E-state index contributed by atoms with van der Waals surface area (Å²) in [6.45, 7) is 3.02. The molecule has 0 fully saturated rings. The van der Waals surface area contributed by atoms with Gasteiger partial charge in [-0.1, -0.05) is 0 Å². The van der Waals surface area contributed by atoms with E-state index in [2.05, 4.69) is 4.40 Å². The van der Waals surface area contributed by atoms with Crippen molar-refractivity contribution in [1.29, 1.82) is 0 Å². The summed E-state index contributed by atoms with van der Waals surface area (Å²) in [4.78, 5) is 23.2. The molecule has 9 nitrogen and oxygen atoms in total. The molecular weight excluding hydrogens is 364 g/mol. The molecule has 0 saturated heterocycles. The van der Waals surface area contributed by atoms with Crippen LogP contribution in [0.15, 0.2) is 33.6 Å². The minimum absolute atomic E-state index is 0.00877. The number of hydrogen-bond acceptors (Lipinski definition) is 7. The Hall–Kier alpha value is -2.62. The van der Waals surface area contributed by atoms with Gasteiger partial charge in [-0.05, 0) is 24.3 Å². The lowest BCUT2D eigenvalue weighted by Gasteiger charge is -2.18. The summed E-state index contributed by atoms with van der Waals surface area (Å²) in [5, 5.41) is 0. The molecule has 0 aliphatic carbocycles. The van der Waals surface area contributed by atoms with Crippen LogP contribution >= 0.6 is 0 Å². The van der Waals surface area contributed by atoms with Crippen LogP contribution in [-0.2, 0) is 29.1 Å². The maximum absolute atomic E-state index is 12.3. The second kappa shape index (κ2) is 10.4. The molecule has 1 aromatic rings. The van der Waals surface area contributed by atoms with Crippen LogP contribution in [0, 0.1) is 0 Å². The van der Waals surface area contributed by atoms with Gasteiger partial charge in [-0.3, -0.25) is 9.59 Å². The van der Waals surface area contributed by atoms with Gasteiger partial charge in [0.25, 0.3) is 10.0 Å². The largest absolute Gasteiger partial charge is 0.497 e. The van der Waals surface area contributed by atoms with E-state index in [1.807, 2.05) is 0 Å². The lowest BCUT2D eigenvalue weighted by Crippen LogP contribution is -2.31. The van der Waals surface area contributed by atoms with Crippen molar-refractivity contribution in [3.63, 3.8) is 0 Å². The van der Waals surface area contributed by atoms with E-state index in [0.717, 1.165) is 6.34 Å². The normalized spacial score (nSPS) is 11.2. The highest BCUT2D eigenvalue weighted by Crippen LogP contribution is 2.17. The maximum atomic E-state index is 12.3. The number of ether oxygens (including phenoxy) is 3. The zero-order chi connectivity index (χ0) is 19.6. The van der Waals surface area contributed by atoms with Gasteiger partial charge in [-0.15, -0.1) is 4.40 Å². The van der Waals surface area contributed by atoms with Crippen molar-refractivity contribution in [1.82, 2.24) is 4.90 Å². The summed E-state index contributed by atoms with van der Waals surface area (Å²) in [6.07, 6.45) is 1.12. The maximum Gasteiger partial charge on any atom is 0.302 e. The van der Waals surface area contributed by atoms with Gasteiger partial charge in [0.15, 0.2) is 0 Å². The standard InChI is InChI=1S/C16H22N2O7S/c1-13(19)24-10-8-18(9-11-25-14(2)20)12-17-26(21,22)16-6-4-15(23-3)5-7-16/h4-7,12H,8-11H2,1-3H3/b17-12+. The SMILES string of the molecule is COc1ccc(S(=O)(=O)/N=C/N(CCOC(C)=O)CCOC(C)=O)cc1. The monoisotopic (exact) mass is 386 g/mol. The average molecular weight is 386 g/mol. The summed E-state index contributed by atoms with van der Waals surface area (Å²) in [5.41, 5.74) is 0. The zero-order valence-corrected chi connectivity index (χ0v) is 15.7. The van der Waals surface area contributed by atoms with Crippen molar-refractivity contribution in [3.8, 4) is 5.75 Å². The van der Waals surface area contributed by atoms with E-state index < -0.39 is 22.0 Å². The Balaban J connectivity index is 2.80. The number of methoxy groups -OCH3 is 1. The van der Waals surface area contributed by atoms with E-state index in [9.17, 15) is 18.0 Å². The number of carbonyl (C=O) groups is 2. The zero-order valence-electron chi connectivity index (χ0n) is 14.9. The van der Waals surface area contributed by atoms with E-state index in [0.29, 0.717) is 5.75 Å². The minimum Gasteiger partial charge on any atom is -0.497 e. The molecule has 0 saturated carbocycles. The number of esters is 2. The fourth-order valence-electron chi connectivity index (χ4n) is 1.78. The molecule has 26 heavy (non-hydrogen) atoms. The molecule has 144 valence electrons. The Morgan fingerprint density at radius 3 is 1.96 bits per heavy atom. The molecule has 1 rings (SSSR count). The van der Waals surface area contributed by atoms with Crippen LogP contribution < -0.4 is 4.74 Å². The number of sulfonamides is 1. The molecule has 0 bridgehead atoms. The van der Waals surface area contributed by atoms with E-state index >= 15 is 0 Å². The van der Waals surface area contributed by atoms with Crippen molar-refractivity contribution in [2.24, 2.45) is 4.40 Å². The van der Waals surface area contributed by atoms with Gasteiger partial charge in [0.05, 0.1) is 25.1 Å². The molecule has 10 heteroatoms. The van der Waals surface area contributed by atoms with E-state index in [1.54, 1.807) is 0 Å². The fraction of sp³-hybridized carbons (Fsp3) is 0.438. The quantitative estimate of drug-likeness (QED) is 0.330. The second-order valence-corrected chi connectivity index (χ2v) is 6.72. The molecule has 1 aromatic carbocycles. The predicted molar refractivity (Wildman–Crippen MR) is 93.5 cm³/mol. The van der Waals surface area contributed by atoms with Crippen LogP contribution in [-0.4, -0.2) is 65.0 Å². The van der Waals surface area contributed by atoms with Crippen LogP contribution in [0.5, 0.6) is 5.75 Å². The van der Waals surface area contributed by atoms with E-state index in [4.69, 9.17) is 14.2 Å². The van der Waals surface area contributed by atoms with Crippen LogP contribution in [0.1, 0.15) is 13.8 Å². The number of benzene rings is 1. The highest BCUT2D eigenvalue weighted by molar-refractivity contribution is 7.90. The summed E-state index contributed by atoms with van der Waals surface area (Å²) < 4.78 is 42.8. The van der Waals surface area contributed by atoms with Gasteiger partial charge in [0, 0.05) is 13.8 Å². The molecule has 0 heterocycles. The van der Waals surface area contributed by atoms with Crippen molar-refractivity contribution in [2.75, 3.05) is 33.4 Å². The predicted octanol–water partition coefficient (Wildman–Crippen LogP) is 0.840. The van der Waals surface area contributed by atoms with Crippen LogP contribution in [0.25, 0.3) is 0 Å². The van der Waals surface area contributed by atoms with Gasteiger partial charge in [-0.25, -0.2) is 0 Å². The molecule has 0 atom stereocenters.